The summed E-state index contributed by atoms with van der Waals surface area (Å²) in [6.07, 6.45) is 1.70. The summed E-state index contributed by atoms with van der Waals surface area (Å²) in [4.78, 5) is 10.2. The van der Waals surface area contributed by atoms with Crippen molar-refractivity contribution in [2.45, 2.75) is 27.4 Å². The Kier molecular flexibility index (Phi) is 5.08. The molecule has 0 fully saturated rings. The minimum Gasteiger partial charge on any atom is -0.392 e. The topological polar surface area (TPSA) is 87.8 Å². The van der Waals surface area contributed by atoms with Crippen LogP contribution in [0, 0.1) is 30.9 Å². The first-order valence-corrected chi connectivity index (χ1v) is 7.18. The van der Waals surface area contributed by atoms with Gasteiger partial charge in [0.1, 0.15) is 0 Å². The number of hydrogen-bond donors (Lipinski definition) is 2. The Morgan fingerprint density at radius 1 is 1.22 bits per heavy atom. The van der Waals surface area contributed by atoms with Crippen molar-refractivity contribution in [2.75, 3.05) is 5.43 Å². The average molecular weight is 313 g/mol. The van der Waals surface area contributed by atoms with E-state index >= 15 is 0 Å². The predicted octanol–water partition coefficient (Wildman–Crippen LogP) is 3.46. The molecule has 6 nitrogen and oxygen atoms in total. The summed E-state index contributed by atoms with van der Waals surface area (Å²) in [6.45, 7) is 5.92. The van der Waals surface area contributed by atoms with Gasteiger partial charge in [-0.1, -0.05) is 6.07 Å². The smallest absolute Gasteiger partial charge is 0.269 e. The third kappa shape index (κ3) is 3.73. The maximum atomic E-state index is 10.6. The van der Waals surface area contributed by atoms with E-state index in [1.807, 2.05) is 26.8 Å². The zero-order chi connectivity index (χ0) is 17.0. The van der Waals surface area contributed by atoms with E-state index in [1.54, 1.807) is 18.3 Å². The van der Waals surface area contributed by atoms with Crippen LogP contribution in [0.2, 0.25) is 0 Å². The number of nitrogens with zero attached hydrogens (tertiary/aromatic N) is 2. The molecule has 2 N–H and O–H groups in total. The quantitative estimate of drug-likeness (QED) is 0.502. The van der Waals surface area contributed by atoms with E-state index in [4.69, 9.17) is 0 Å². The van der Waals surface area contributed by atoms with Crippen LogP contribution in [0.25, 0.3) is 0 Å². The molecule has 0 saturated carbocycles. The van der Waals surface area contributed by atoms with Gasteiger partial charge in [0.15, 0.2) is 0 Å². The highest BCUT2D eigenvalue weighted by atomic mass is 16.6. The van der Waals surface area contributed by atoms with Crippen molar-refractivity contribution in [2.24, 2.45) is 5.10 Å². The highest BCUT2D eigenvalue weighted by Crippen LogP contribution is 2.21. The molecule has 0 aromatic heterocycles. The van der Waals surface area contributed by atoms with E-state index in [-0.39, 0.29) is 12.3 Å². The fraction of sp³-hybridized carbons (Fsp3) is 0.235. The molecule has 0 aliphatic heterocycles. The van der Waals surface area contributed by atoms with E-state index in [2.05, 4.69) is 10.5 Å². The highest BCUT2D eigenvalue weighted by molar-refractivity contribution is 5.85. The first-order chi connectivity index (χ1) is 10.9. The molecule has 0 amide bonds. The van der Waals surface area contributed by atoms with Crippen molar-refractivity contribution < 1.29 is 10.0 Å². The van der Waals surface area contributed by atoms with Crippen molar-refractivity contribution >= 4 is 17.6 Å². The van der Waals surface area contributed by atoms with Crippen LogP contribution in [0.15, 0.2) is 35.4 Å². The molecule has 0 aliphatic carbocycles. The number of anilines is 1. The van der Waals surface area contributed by atoms with Gasteiger partial charge in [0.2, 0.25) is 0 Å². The molecule has 0 radical (unpaired) electrons. The Morgan fingerprint density at radius 2 is 1.87 bits per heavy atom. The second-order valence-corrected chi connectivity index (χ2v) is 5.36. The number of aryl methyl sites for hydroxylation is 2. The summed E-state index contributed by atoms with van der Waals surface area (Å²) in [6, 6.07) is 8.06. The average Bonchev–Trinajstić information content (AvgIpc) is 2.51. The van der Waals surface area contributed by atoms with Crippen LogP contribution in [0.4, 0.5) is 11.4 Å². The monoisotopic (exact) mass is 313 g/mol. The van der Waals surface area contributed by atoms with Gasteiger partial charge in [-0.15, -0.1) is 0 Å². The molecule has 120 valence electrons. The summed E-state index contributed by atoms with van der Waals surface area (Å²) in [7, 11) is 0. The Morgan fingerprint density at radius 3 is 2.43 bits per heavy atom. The van der Waals surface area contributed by atoms with Crippen LogP contribution in [0.3, 0.4) is 0 Å². The number of nitro groups is 1. The Bertz CT molecular complexity index is 753. The van der Waals surface area contributed by atoms with E-state index in [0.29, 0.717) is 5.69 Å². The van der Waals surface area contributed by atoms with Gasteiger partial charge in [-0.25, -0.2) is 0 Å². The molecular weight excluding hydrogens is 294 g/mol. The second-order valence-electron chi connectivity index (χ2n) is 5.36. The van der Waals surface area contributed by atoms with Crippen LogP contribution in [-0.4, -0.2) is 16.2 Å². The lowest BCUT2D eigenvalue weighted by atomic mass is 9.94. The molecule has 2 rings (SSSR count). The molecule has 0 unspecified atom stereocenters. The van der Waals surface area contributed by atoms with Crippen molar-refractivity contribution in [1.29, 1.82) is 0 Å². The number of nitrogens with one attached hydrogen (secondary N) is 1. The SMILES string of the molecule is Cc1cc(C)c(CO)c(C)c1/C=N/Nc1ccc([N+](=O)[O-])cc1. The van der Waals surface area contributed by atoms with Gasteiger partial charge in [0.25, 0.3) is 5.69 Å². The lowest BCUT2D eigenvalue weighted by molar-refractivity contribution is -0.384. The van der Waals surface area contributed by atoms with E-state index in [0.717, 1.165) is 27.8 Å². The fourth-order valence-electron chi connectivity index (χ4n) is 2.51. The summed E-state index contributed by atoms with van der Waals surface area (Å²) >= 11 is 0. The Labute approximate surface area is 134 Å². The van der Waals surface area contributed by atoms with E-state index < -0.39 is 4.92 Å². The summed E-state index contributed by atoms with van der Waals surface area (Å²) in [5.41, 5.74) is 8.55. The molecule has 2 aromatic rings. The zero-order valence-corrected chi connectivity index (χ0v) is 13.3. The van der Waals surface area contributed by atoms with E-state index in [1.165, 1.54) is 12.1 Å². The molecule has 0 aliphatic rings. The van der Waals surface area contributed by atoms with Gasteiger partial charge in [-0.2, -0.15) is 5.10 Å². The normalized spacial score (nSPS) is 11.0. The maximum Gasteiger partial charge on any atom is 0.269 e. The molecular formula is C17H19N3O3. The third-order valence-corrected chi connectivity index (χ3v) is 3.81. The number of hydrogen-bond acceptors (Lipinski definition) is 5. The van der Waals surface area contributed by atoms with Gasteiger partial charge in [-0.3, -0.25) is 15.5 Å². The fourth-order valence-corrected chi connectivity index (χ4v) is 2.51. The lowest BCUT2D eigenvalue weighted by Crippen LogP contribution is -2.02. The van der Waals surface area contributed by atoms with Crippen molar-refractivity contribution in [3.63, 3.8) is 0 Å². The van der Waals surface area contributed by atoms with Gasteiger partial charge in [0.05, 0.1) is 23.4 Å². The van der Waals surface area contributed by atoms with Crippen molar-refractivity contribution in [3.05, 3.63) is 68.3 Å². The predicted molar refractivity (Wildman–Crippen MR) is 90.9 cm³/mol. The second kappa shape index (κ2) is 7.02. The molecule has 6 heteroatoms. The molecule has 0 atom stereocenters. The number of nitro benzene ring substituents is 1. The first kappa shape index (κ1) is 16.6. The van der Waals surface area contributed by atoms with Crippen molar-refractivity contribution in [3.8, 4) is 0 Å². The highest BCUT2D eigenvalue weighted by Gasteiger charge is 2.09. The number of aliphatic hydroxyl groups is 1. The summed E-state index contributed by atoms with van der Waals surface area (Å²) < 4.78 is 0. The largest absolute Gasteiger partial charge is 0.392 e. The van der Waals surface area contributed by atoms with Gasteiger partial charge in [0, 0.05) is 17.7 Å². The van der Waals surface area contributed by atoms with Gasteiger partial charge >= 0.3 is 0 Å². The van der Waals surface area contributed by atoms with Gasteiger partial charge < -0.3 is 5.11 Å². The number of non-ortho nitro benzene ring substituents is 1. The Balaban J connectivity index is 2.19. The number of hydrazone groups is 1. The van der Waals surface area contributed by atoms with Crippen molar-refractivity contribution in [1.82, 2.24) is 0 Å². The first-order valence-electron chi connectivity index (χ1n) is 7.18. The Hall–Kier alpha value is -2.73. The maximum absolute atomic E-state index is 10.6. The molecule has 0 heterocycles. The standard InChI is InChI=1S/C17H19N3O3/c1-11-8-12(2)17(10-21)13(3)16(11)9-18-19-14-4-6-15(7-5-14)20(22)23/h4-9,19,21H,10H2,1-3H3/b18-9+. The number of benzene rings is 2. The van der Waals surface area contributed by atoms with Crippen LogP contribution < -0.4 is 5.43 Å². The molecule has 0 spiro atoms. The number of aliphatic hydroxyl groups excluding tert-OH is 1. The summed E-state index contributed by atoms with van der Waals surface area (Å²) in [5, 5.41) is 24.3. The van der Waals surface area contributed by atoms with Crippen LogP contribution in [-0.2, 0) is 6.61 Å². The van der Waals surface area contributed by atoms with E-state index in [9.17, 15) is 15.2 Å². The zero-order valence-electron chi connectivity index (χ0n) is 13.3. The molecule has 23 heavy (non-hydrogen) atoms. The third-order valence-electron chi connectivity index (χ3n) is 3.81. The number of rotatable bonds is 5. The molecule has 0 bridgehead atoms. The van der Waals surface area contributed by atoms with Crippen LogP contribution in [0.5, 0.6) is 0 Å². The van der Waals surface area contributed by atoms with Crippen LogP contribution in [0.1, 0.15) is 27.8 Å². The molecule has 2 aromatic carbocycles. The van der Waals surface area contributed by atoms with Crippen LogP contribution >= 0.6 is 0 Å². The molecule has 0 saturated heterocycles. The van der Waals surface area contributed by atoms with Gasteiger partial charge in [-0.05, 0) is 55.2 Å². The minimum atomic E-state index is -0.442. The summed E-state index contributed by atoms with van der Waals surface area (Å²) in [5.74, 6) is 0. The minimum absolute atomic E-state index is 0.00539. The lowest BCUT2D eigenvalue weighted by Gasteiger charge is -2.13.